The topological polar surface area (TPSA) is 75.7 Å². The van der Waals surface area contributed by atoms with Crippen LogP contribution in [0, 0.1) is 0 Å². The molecule has 3 aromatic rings. The number of nitrogens with zero attached hydrogens (tertiary/aromatic N) is 2. The van der Waals surface area contributed by atoms with Gasteiger partial charge >= 0.3 is 0 Å². The van der Waals surface area contributed by atoms with Crippen molar-refractivity contribution >= 4 is 28.3 Å². The number of benzene rings is 2. The third kappa shape index (κ3) is 4.88. The molecule has 1 aliphatic heterocycles. The molecule has 4 rings (SSSR count). The molecule has 1 aromatic heterocycles. The number of pyridine rings is 1. The van der Waals surface area contributed by atoms with Crippen LogP contribution >= 0.6 is 0 Å². The molecule has 2 aromatic carbocycles. The maximum Gasteiger partial charge on any atom is 0.252 e. The van der Waals surface area contributed by atoms with Gasteiger partial charge in [0.1, 0.15) is 5.82 Å². The zero-order chi connectivity index (χ0) is 21.6. The highest BCUT2D eigenvalue weighted by Crippen LogP contribution is 2.31. The number of aromatic nitrogens is 1. The molecule has 0 aliphatic carbocycles. The summed E-state index contributed by atoms with van der Waals surface area (Å²) in [4.78, 5) is 20.1. The number of carbonyl (C=O) groups excluding carboxylic acids is 1. The van der Waals surface area contributed by atoms with E-state index in [2.05, 4.69) is 20.5 Å². The number of para-hydroxylation sites is 1. The summed E-state index contributed by atoms with van der Waals surface area (Å²) in [5.74, 6) is 1.77. The molecule has 1 aliphatic rings. The second-order valence-electron chi connectivity index (χ2n) is 7.57. The van der Waals surface area contributed by atoms with Crippen molar-refractivity contribution in [3.05, 3.63) is 54.1 Å². The van der Waals surface area contributed by atoms with Gasteiger partial charge in [-0.25, -0.2) is 4.98 Å². The van der Waals surface area contributed by atoms with Crippen LogP contribution in [-0.4, -0.2) is 56.2 Å². The van der Waals surface area contributed by atoms with E-state index >= 15 is 0 Å². The summed E-state index contributed by atoms with van der Waals surface area (Å²) in [6.07, 6.45) is 2.49. The lowest BCUT2D eigenvalue weighted by atomic mass is 10.1. The Kier molecular flexibility index (Phi) is 6.52. The van der Waals surface area contributed by atoms with Crippen molar-refractivity contribution in [2.45, 2.75) is 12.8 Å². The van der Waals surface area contributed by atoms with Gasteiger partial charge in [0.15, 0.2) is 11.5 Å². The molecule has 0 radical (unpaired) electrons. The van der Waals surface area contributed by atoms with Crippen LogP contribution in [-0.2, 0) is 0 Å². The molecule has 1 saturated heterocycles. The molecule has 0 atom stereocenters. The highest BCUT2D eigenvalue weighted by atomic mass is 16.5. The molecule has 0 bridgehead atoms. The Bertz CT molecular complexity index is 1060. The van der Waals surface area contributed by atoms with E-state index in [1.54, 1.807) is 20.3 Å². The predicted octanol–water partition coefficient (Wildman–Crippen LogP) is 3.82. The van der Waals surface area contributed by atoms with Gasteiger partial charge < -0.3 is 25.0 Å². The van der Waals surface area contributed by atoms with Gasteiger partial charge in [-0.3, -0.25) is 4.79 Å². The van der Waals surface area contributed by atoms with Crippen molar-refractivity contribution < 1.29 is 14.3 Å². The number of hydrogen-bond donors (Lipinski definition) is 2. The molecule has 162 valence electrons. The number of rotatable bonds is 8. The first-order chi connectivity index (χ1) is 15.2. The van der Waals surface area contributed by atoms with E-state index in [4.69, 9.17) is 9.47 Å². The maximum absolute atomic E-state index is 13.0. The first-order valence-electron chi connectivity index (χ1n) is 10.6. The van der Waals surface area contributed by atoms with E-state index in [-0.39, 0.29) is 5.91 Å². The monoisotopic (exact) mass is 420 g/mol. The first kappa shape index (κ1) is 20.9. The molecule has 0 spiro atoms. The standard InChI is InChI=1S/C24H28N4O3/c1-30-21-10-9-17(15-22(21)31-2)26-23-16-19(18-7-3-4-8-20(18)27-23)24(29)25-11-14-28-12-5-6-13-28/h3-4,7-10,15-16H,5-6,11-14H2,1-2H3,(H,25,29)(H,26,27). The minimum Gasteiger partial charge on any atom is -0.493 e. The van der Waals surface area contributed by atoms with Gasteiger partial charge in [-0.15, -0.1) is 0 Å². The quantitative estimate of drug-likeness (QED) is 0.577. The third-order valence-electron chi connectivity index (χ3n) is 5.53. The fourth-order valence-corrected chi connectivity index (χ4v) is 3.92. The Morgan fingerprint density at radius 2 is 1.81 bits per heavy atom. The fourth-order valence-electron chi connectivity index (χ4n) is 3.92. The highest BCUT2D eigenvalue weighted by molar-refractivity contribution is 6.07. The molecule has 2 N–H and O–H groups in total. The SMILES string of the molecule is COc1ccc(Nc2cc(C(=O)NCCN3CCCC3)c3ccccc3n2)cc1OC. The Balaban J connectivity index is 1.56. The fraction of sp³-hybridized carbons (Fsp3) is 0.333. The Labute approximate surface area is 182 Å². The van der Waals surface area contributed by atoms with Crippen molar-refractivity contribution in [2.75, 3.05) is 45.7 Å². The molecule has 0 unspecified atom stereocenters. The second kappa shape index (κ2) is 9.66. The van der Waals surface area contributed by atoms with Crippen LogP contribution in [0.1, 0.15) is 23.2 Å². The Hall–Kier alpha value is -3.32. The minimum absolute atomic E-state index is 0.0897. The number of methoxy groups -OCH3 is 2. The summed E-state index contributed by atoms with van der Waals surface area (Å²) < 4.78 is 10.7. The molecular weight excluding hydrogens is 392 g/mol. The van der Waals surface area contributed by atoms with Crippen molar-refractivity contribution in [1.29, 1.82) is 0 Å². The summed E-state index contributed by atoms with van der Waals surface area (Å²) in [6, 6.07) is 15.0. The molecule has 7 heteroatoms. The van der Waals surface area contributed by atoms with Crippen LogP contribution in [0.2, 0.25) is 0 Å². The number of likely N-dealkylation sites (tertiary alicyclic amines) is 1. The summed E-state index contributed by atoms with van der Waals surface area (Å²) in [7, 11) is 3.20. The van der Waals surface area contributed by atoms with Crippen LogP contribution in [0.3, 0.4) is 0 Å². The normalized spacial score (nSPS) is 13.9. The largest absolute Gasteiger partial charge is 0.493 e. The van der Waals surface area contributed by atoms with E-state index < -0.39 is 0 Å². The zero-order valence-corrected chi connectivity index (χ0v) is 18.0. The van der Waals surface area contributed by atoms with E-state index in [1.807, 2.05) is 42.5 Å². The predicted molar refractivity (Wildman–Crippen MR) is 123 cm³/mol. The Morgan fingerprint density at radius 3 is 2.58 bits per heavy atom. The van der Waals surface area contributed by atoms with Gasteiger partial charge in [0.2, 0.25) is 0 Å². The van der Waals surface area contributed by atoms with Gasteiger partial charge in [-0.05, 0) is 50.2 Å². The first-order valence-corrected chi connectivity index (χ1v) is 10.6. The highest BCUT2D eigenvalue weighted by Gasteiger charge is 2.15. The zero-order valence-electron chi connectivity index (χ0n) is 18.0. The molecule has 1 fully saturated rings. The van der Waals surface area contributed by atoms with E-state index in [0.717, 1.165) is 36.2 Å². The van der Waals surface area contributed by atoms with Crippen molar-refractivity contribution in [2.24, 2.45) is 0 Å². The van der Waals surface area contributed by atoms with E-state index in [0.29, 0.717) is 29.4 Å². The van der Waals surface area contributed by atoms with Gasteiger partial charge in [0.05, 0.1) is 25.3 Å². The van der Waals surface area contributed by atoms with Crippen molar-refractivity contribution in [3.8, 4) is 11.5 Å². The molecular formula is C24H28N4O3. The van der Waals surface area contributed by atoms with Gasteiger partial charge in [-0.2, -0.15) is 0 Å². The average Bonchev–Trinajstić information content (AvgIpc) is 3.32. The van der Waals surface area contributed by atoms with Gasteiger partial charge in [0.25, 0.3) is 5.91 Å². The number of nitrogens with one attached hydrogen (secondary N) is 2. The Morgan fingerprint density at radius 1 is 1.03 bits per heavy atom. The van der Waals surface area contributed by atoms with E-state index in [1.165, 1.54) is 12.8 Å². The number of hydrogen-bond acceptors (Lipinski definition) is 6. The number of carbonyl (C=O) groups is 1. The smallest absolute Gasteiger partial charge is 0.252 e. The molecule has 1 amide bonds. The van der Waals surface area contributed by atoms with Crippen LogP contribution < -0.4 is 20.1 Å². The van der Waals surface area contributed by atoms with Crippen LogP contribution in [0.5, 0.6) is 11.5 Å². The van der Waals surface area contributed by atoms with Crippen LogP contribution in [0.25, 0.3) is 10.9 Å². The number of ether oxygens (including phenoxy) is 2. The van der Waals surface area contributed by atoms with Gasteiger partial charge in [-0.1, -0.05) is 18.2 Å². The maximum atomic E-state index is 13.0. The van der Waals surface area contributed by atoms with Crippen LogP contribution in [0.4, 0.5) is 11.5 Å². The molecule has 0 saturated carbocycles. The lowest BCUT2D eigenvalue weighted by Crippen LogP contribution is -2.33. The van der Waals surface area contributed by atoms with E-state index in [9.17, 15) is 4.79 Å². The second-order valence-corrected chi connectivity index (χ2v) is 7.57. The summed E-state index contributed by atoms with van der Waals surface area (Å²) >= 11 is 0. The summed E-state index contributed by atoms with van der Waals surface area (Å²) in [5.41, 5.74) is 2.16. The molecule has 7 nitrogen and oxygen atoms in total. The van der Waals surface area contributed by atoms with Gasteiger partial charge in [0, 0.05) is 30.2 Å². The lowest BCUT2D eigenvalue weighted by molar-refractivity contribution is 0.0951. The minimum atomic E-state index is -0.0897. The van der Waals surface area contributed by atoms with Crippen molar-refractivity contribution in [1.82, 2.24) is 15.2 Å². The summed E-state index contributed by atoms with van der Waals surface area (Å²) in [5, 5.41) is 7.19. The average molecular weight is 421 g/mol. The summed E-state index contributed by atoms with van der Waals surface area (Å²) in [6.45, 7) is 3.75. The third-order valence-corrected chi connectivity index (χ3v) is 5.53. The molecule has 31 heavy (non-hydrogen) atoms. The van der Waals surface area contributed by atoms with Crippen LogP contribution in [0.15, 0.2) is 48.5 Å². The number of fused-ring (bicyclic) bond motifs is 1. The molecule has 2 heterocycles. The lowest BCUT2D eigenvalue weighted by Gasteiger charge is -2.16. The van der Waals surface area contributed by atoms with Crippen molar-refractivity contribution in [3.63, 3.8) is 0 Å². The number of anilines is 2. The number of amides is 1.